The second-order valence-electron chi connectivity index (χ2n) is 7.51. The first kappa shape index (κ1) is 19.9. The van der Waals surface area contributed by atoms with Crippen LogP contribution in [-0.4, -0.2) is 10.9 Å². The second-order valence-corrected chi connectivity index (χ2v) is 7.51. The van der Waals surface area contributed by atoms with E-state index in [4.69, 9.17) is 0 Å². The molecule has 4 heteroatoms. The molecular formula is C26H25FN2O. The van der Waals surface area contributed by atoms with Crippen LogP contribution >= 0.6 is 0 Å². The molecule has 152 valence electrons. The molecule has 30 heavy (non-hydrogen) atoms. The van der Waals surface area contributed by atoms with Crippen LogP contribution < -0.4 is 5.32 Å². The number of benzene rings is 3. The zero-order valence-corrected chi connectivity index (χ0v) is 17.0. The Kier molecular flexibility index (Phi) is 5.94. The van der Waals surface area contributed by atoms with Crippen molar-refractivity contribution in [3.63, 3.8) is 0 Å². The van der Waals surface area contributed by atoms with Gasteiger partial charge in [0.1, 0.15) is 5.82 Å². The Hall–Kier alpha value is -3.40. The maximum Gasteiger partial charge on any atom is 0.221 e. The molecule has 0 aliphatic heterocycles. The van der Waals surface area contributed by atoms with Gasteiger partial charge < -0.3 is 10.3 Å². The zero-order chi connectivity index (χ0) is 20.9. The minimum absolute atomic E-state index is 0.0332. The highest BCUT2D eigenvalue weighted by Crippen LogP contribution is 2.34. The van der Waals surface area contributed by atoms with Crippen LogP contribution in [0.4, 0.5) is 4.39 Å². The van der Waals surface area contributed by atoms with E-state index in [0.717, 1.165) is 34.0 Å². The number of aromatic nitrogens is 1. The van der Waals surface area contributed by atoms with Gasteiger partial charge in [-0.3, -0.25) is 4.79 Å². The molecule has 3 nitrogen and oxygen atoms in total. The van der Waals surface area contributed by atoms with E-state index in [1.165, 1.54) is 17.7 Å². The molecule has 1 aromatic heterocycles. The normalized spacial score (nSPS) is 12.1. The predicted octanol–water partition coefficient (Wildman–Crippen LogP) is 5.71. The summed E-state index contributed by atoms with van der Waals surface area (Å²) < 4.78 is 13.5. The molecule has 3 aromatic carbocycles. The smallest absolute Gasteiger partial charge is 0.221 e. The highest BCUT2D eigenvalue weighted by atomic mass is 19.1. The summed E-state index contributed by atoms with van der Waals surface area (Å²) >= 11 is 0. The van der Waals surface area contributed by atoms with Crippen molar-refractivity contribution in [3.05, 3.63) is 107 Å². The van der Waals surface area contributed by atoms with Crippen molar-refractivity contribution in [2.45, 2.75) is 32.2 Å². The summed E-state index contributed by atoms with van der Waals surface area (Å²) in [6, 6.07) is 22.6. The average Bonchev–Trinajstić information content (AvgIpc) is 3.21. The summed E-state index contributed by atoms with van der Waals surface area (Å²) in [5, 5.41) is 4.13. The lowest BCUT2D eigenvalue weighted by Gasteiger charge is -2.17. The first-order valence-corrected chi connectivity index (χ1v) is 10.3. The molecule has 0 aliphatic carbocycles. The largest absolute Gasteiger partial charge is 0.361 e. The van der Waals surface area contributed by atoms with Gasteiger partial charge in [0, 0.05) is 36.0 Å². The second kappa shape index (κ2) is 8.95. The Morgan fingerprint density at radius 2 is 1.77 bits per heavy atom. The predicted molar refractivity (Wildman–Crippen MR) is 119 cm³/mol. The first-order chi connectivity index (χ1) is 14.7. The summed E-state index contributed by atoms with van der Waals surface area (Å²) in [5.41, 5.74) is 5.39. The third-order valence-corrected chi connectivity index (χ3v) is 5.58. The van der Waals surface area contributed by atoms with Crippen LogP contribution in [0.25, 0.3) is 10.9 Å². The Labute approximate surface area is 176 Å². The Balaban J connectivity index is 1.64. The summed E-state index contributed by atoms with van der Waals surface area (Å²) in [5.74, 6) is -0.477. The molecule has 1 atom stereocenters. The molecule has 4 rings (SSSR count). The fraction of sp³-hybridized carbons (Fsp3) is 0.192. The van der Waals surface area contributed by atoms with Crippen LogP contribution in [0.1, 0.15) is 41.5 Å². The monoisotopic (exact) mass is 400 g/mol. The summed E-state index contributed by atoms with van der Waals surface area (Å²) in [7, 11) is 0. The van der Waals surface area contributed by atoms with Gasteiger partial charge >= 0.3 is 0 Å². The molecule has 4 aromatic rings. The van der Waals surface area contributed by atoms with Crippen LogP contribution in [-0.2, 0) is 17.8 Å². The van der Waals surface area contributed by atoms with Crippen LogP contribution in [0.2, 0.25) is 0 Å². The minimum atomic E-state index is -0.279. The number of hydrogen-bond donors (Lipinski definition) is 2. The van der Waals surface area contributed by atoms with E-state index in [0.29, 0.717) is 13.0 Å². The molecule has 0 bridgehead atoms. The topological polar surface area (TPSA) is 44.9 Å². The van der Waals surface area contributed by atoms with Gasteiger partial charge in [0.15, 0.2) is 0 Å². The third kappa shape index (κ3) is 4.28. The van der Waals surface area contributed by atoms with Crippen molar-refractivity contribution in [1.29, 1.82) is 0 Å². The number of aromatic amines is 1. The number of halogens is 1. The number of hydrogen-bond acceptors (Lipinski definition) is 1. The van der Waals surface area contributed by atoms with E-state index in [-0.39, 0.29) is 17.6 Å². The first-order valence-electron chi connectivity index (χ1n) is 10.3. The number of carbonyl (C=O) groups is 1. The average molecular weight is 400 g/mol. The number of aryl methyl sites for hydroxylation is 1. The highest BCUT2D eigenvalue weighted by molar-refractivity contribution is 5.88. The summed E-state index contributed by atoms with van der Waals surface area (Å²) in [6.07, 6.45) is 3.21. The summed E-state index contributed by atoms with van der Waals surface area (Å²) in [4.78, 5) is 16.2. The van der Waals surface area contributed by atoms with Gasteiger partial charge in [0.2, 0.25) is 5.91 Å². The molecule has 1 heterocycles. The van der Waals surface area contributed by atoms with E-state index in [2.05, 4.69) is 35.4 Å². The van der Waals surface area contributed by atoms with Crippen molar-refractivity contribution in [1.82, 2.24) is 10.3 Å². The third-order valence-electron chi connectivity index (χ3n) is 5.58. The van der Waals surface area contributed by atoms with Crippen molar-refractivity contribution < 1.29 is 9.18 Å². The van der Waals surface area contributed by atoms with Gasteiger partial charge in [-0.1, -0.05) is 67.6 Å². The van der Waals surface area contributed by atoms with Gasteiger partial charge in [0.25, 0.3) is 0 Å². The van der Waals surface area contributed by atoms with Crippen molar-refractivity contribution in [2.24, 2.45) is 0 Å². The molecule has 2 N–H and O–H groups in total. The lowest BCUT2D eigenvalue weighted by atomic mass is 9.87. The van der Waals surface area contributed by atoms with E-state index in [9.17, 15) is 9.18 Å². The molecule has 1 amide bonds. The van der Waals surface area contributed by atoms with E-state index >= 15 is 0 Å². The van der Waals surface area contributed by atoms with Gasteiger partial charge in [-0.25, -0.2) is 4.39 Å². The van der Waals surface area contributed by atoms with Crippen LogP contribution in [0.15, 0.2) is 79.0 Å². The Bertz CT molecular complexity index is 1130. The molecule has 0 spiro atoms. The van der Waals surface area contributed by atoms with Crippen molar-refractivity contribution >= 4 is 16.8 Å². The van der Waals surface area contributed by atoms with E-state index in [1.54, 1.807) is 12.1 Å². The SMILES string of the molecule is CCc1cccc2c(C(CC(=O)NCc3ccccc3)c3ccc(F)cc3)c[nH]c12. The van der Waals surface area contributed by atoms with Gasteiger partial charge in [-0.15, -0.1) is 0 Å². The molecule has 1 unspecified atom stereocenters. The quantitative estimate of drug-likeness (QED) is 0.410. The molecule has 0 radical (unpaired) electrons. The number of amides is 1. The van der Waals surface area contributed by atoms with E-state index in [1.807, 2.05) is 36.5 Å². The maximum atomic E-state index is 13.5. The van der Waals surface area contributed by atoms with Gasteiger partial charge in [0.05, 0.1) is 0 Å². The lowest BCUT2D eigenvalue weighted by Crippen LogP contribution is -2.25. The zero-order valence-electron chi connectivity index (χ0n) is 17.0. The number of H-pyrrole nitrogens is 1. The van der Waals surface area contributed by atoms with Gasteiger partial charge in [-0.2, -0.15) is 0 Å². The number of carbonyl (C=O) groups excluding carboxylic acids is 1. The fourth-order valence-electron chi connectivity index (χ4n) is 3.98. The summed E-state index contributed by atoms with van der Waals surface area (Å²) in [6.45, 7) is 2.62. The molecule has 0 saturated heterocycles. The molecule has 0 fully saturated rings. The standard InChI is InChI=1S/C26H25FN2O/c1-2-19-9-6-10-22-24(17-29-26(19)22)23(20-11-13-21(27)14-12-20)15-25(30)28-16-18-7-4-3-5-8-18/h3-14,17,23,29H,2,15-16H2,1H3,(H,28,30). The van der Waals surface area contributed by atoms with Crippen LogP contribution in [0, 0.1) is 5.82 Å². The van der Waals surface area contributed by atoms with Crippen molar-refractivity contribution in [3.8, 4) is 0 Å². The number of fused-ring (bicyclic) bond motifs is 1. The van der Waals surface area contributed by atoms with Crippen LogP contribution in [0.3, 0.4) is 0 Å². The number of nitrogens with one attached hydrogen (secondary N) is 2. The van der Waals surface area contributed by atoms with Crippen molar-refractivity contribution in [2.75, 3.05) is 0 Å². The minimum Gasteiger partial charge on any atom is -0.361 e. The Morgan fingerprint density at radius 3 is 2.50 bits per heavy atom. The highest BCUT2D eigenvalue weighted by Gasteiger charge is 2.22. The maximum absolute atomic E-state index is 13.5. The van der Waals surface area contributed by atoms with Gasteiger partial charge in [-0.05, 0) is 40.8 Å². The van der Waals surface area contributed by atoms with Crippen LogP contribution in [0.5, 0.6) is 0 Å². The molecular weight excluding hydrogens is 375 g/mol. The number of rotatable bonds is 7. The number of para-hydroxylation sites is 1. The fourth-order valence-corrected chi connectivity index (χ4v) is 3.98. The Morgan fingerprint density at radius 1 is 1.00 bits per heavy atom. The molecule has 0 aliphatic rings. The molecule has 0 saturated carbocycles. The lowest BCUT2D eigenvalue weighted by molar-refractivity contribution is -0.121. The van der Waals surface area contributed by atoms with E-state index < -0.39 is 0 Å².